The van der Waals surface area contributed by atoms with E-state index < -0.39 is 44.5 Å². The average molecular weight is 1040 g/mol. The van der Waals surface area contributed by atoms with Crippen LogP contribution in [0, 0.1) is 16.7 Å². The van der Waals surface area contributed by atoms with Crippen LogP contribution in [0.4, 0.5) is 0 Å². The molecule has 0 heterocycles. The lowest BCUT2D eigenvalue weighted by atomic mass is 9.70. The highest BCUT2D eigenvalue weighted by molar-refractivity contribution is 7.87. The third-order valence-corrected chi connectivity index (χ3v) is 18.9. The van der Waals surface area contributed by atoms with Gasteiger partial charge in [0, 0.05) is 98.9 Å². The number of carbonyl (C=O) groups excluding carboxylic acids is 1. The monoisotopic (exact) mass is 1040 g/mol. The molecule has 6 atom stereocenters. The van der Waals surface area contributed by atoms with Crippen molar-refractivity contribution in [1.82, 2.24) is 0 Å². The quantitative estimate of drug-likeness (QED) is 0.0453. The molecule has 2 saturated carbocycles. The van der Waals surface area contributed by atoms with Crippen LogP contribution in [0.2, 0.25) is 0 Å². The Morgan fingerprint density at radius 3 is 1.12 bits per heavy atom. The topological polar surface area (TPSA) is 158 Å². The highest BCUT2D eigenvalue weighted by atomic mass is 32.2. The van der Waals surface area contributed by atoms with Crippen LogP contribution in [0.15, 0.2) is 48.5 Å². The van der Waals surface area contributed by atoms with Crippen molar-refractivity contribution < 1.29 is 51.7 Å². The van der Waals surface area contributed by atoms with E-state index in [-0.39, 0.29) is 40.6 Å². The molecule has 2 fully saturated rings. The highest BCUT2D eigenvalue weighted by Gasteiger charge is 2.65. The van der Waals surface area contributed by atoms with Gasteiger partial charge in [-0.15, -0.1) is 0 Å². The molecule has 7 rings (SSSR count). The Bertz CT molecular complexity index is 2700. The number of ether oxygens (including phenoxy) is 4. The molecule has 4 aromatic rings. The number of hydrogen-bond acceptors (Lipinski definition) is 11. The highest BCUT2D eigenvalue weighted by Crippen LogP contribution is 2.64. The van der Waals surface area contributed by atoms with E-state index in [1.165, 1.54) is 0 Å². The average Bonchev–Trinajstić information content (AvgIpc) is 3.72. The van der Waals surface area contributed by atoms with Crippen LogP contribution in [-0.2, 0) is 14.9 Å². The van der Waals surface area contributed by atoms with Crippen molar-refractivity contribution in [2.45, 2.75) is 187 Å². The summed E-state index contributed by atoms with van der Waals surface area (Å²) in [5.41, 5.74) is 4.16. The molecule has 4 unspecified atom stereocenters. The Morgan fingerprint density at radius 1 is 0.486 bits per heavy atom. The van der Waals surface area contributed by atoms with Crippen LogP contribution in [0.3, 0.4) is 0 Å². The molecule has 3 N–H and O–H groups in total. The lowest BCUT2D eigenvalue weighted by molar-refractivity contribution is -0.128. The van der Waals surface area contributed by atoms with Gasteiger partial charge >= 0.3 is 10.1 Å². The van der Waals surface area contributed by atoms with Gasteiger partial charge in [-0.25, -0.2) is 0 Å². The van der Waals surface area contributed by atoms with Crippen molar-refractivity contribution in [2.24, 2.45) is 16.7 Å². The molecule has 0 radical (unpaired) electrons. The zero-order valence-electron chi connectivity index (χ0n) is 46.2. The van der Waals surface area contributed by atoms with Gasteiger partial charge in [-0.05, 0) is 74.1 Å². The van der Waals surface area contributed by atoms with Gasteiger partial charge in [0.15, 0.2) is 0 Å². The predicted molar refractivity (Wildman–Crippen MR) is 294 cm³/mol. The third-order valence-electron chi connectivity index (χ3n) is 17.7. The van der Waals surface area contributed by atoms with Crippen molar-refractivity contribution >= 4 is 15.9 Å². The van der Waals surface area contributed by atoms with Crippen LogP contribution < -0.4 is 23.1 Å². The molecule has 0 aromatic heterocycles. The van der Waals surface area contributed by atoms with E-state index in [4.69, 9.17) is 23.1 Å². The van der Waals surface area contributed by atoms with E-state index in [9.17, 15) is 28.5 Å². The first-order valence-electron chi connectivity index (χ1n) is 27.9. The van der Waals surface area contributed by atoms with E-state index in [2.05, 4.69) is 33.8 Å². The number of fused-ring (bicyclic) bond motifs is 10. The van der Waals surface area contributed by atoms with Crippen molar-refractivity contribution in [2.75, 3.05) is 34.2 Å². The Kier molecular flexibility index (Phi) is 18.6. The van der Waals surface area contributed by atoms with Crippen LogP contribution in [0.25, 0.3) is 0 Å². The number of methoxy groups -OCH3 is 4. The SMILES string of the molecule is CCCCCC1c2cc(c(OC)cc2O)C(CCCCC)c2cc(c(OC)cc2O)C(CCCCC)c2cc(c(OC)cc2OS(=O)(=O)C[C@]23CC[C@H](CC2=O)C3(C)C)C(CCCCC)c2cc1c(OC)cc2O. The Labute approximate surface area is 442 Å². The molecule has 10 bridgehead atoms. The molecule has 12 heteroatoms. The molecule has 0 spiro atoms. The Hall–Kier alpha value is -5.10. The van der Waals surface area contributed by atoms with Gasteiger partial charge in [-0.2, -0.15) is 8.42 Å². The summed E-state index contributed by atoms with van der Waals surface area (Å²) in [6.45, 7) is 12.7. The Morgan fingerprint density at radius 2 is 0.811 bits per heavy atom. The molecule has 3 aliphatic rings. The van der Waals surface area contributed by atoms with Crippen LogP contribution >= 0.6 is 0 Å². The maximum Gasteiger partial charge on any atom is 0.310 e. The number of benzene rings is 4. The number of carbonyl (C=O) groups is 1. The fourth-order valence-corrected chi connectivity index (χ4v) is 15.0. The zero-order valence-corrected chi connectivity index (χ0v) is 47.0. The maximum absolute atomic E-state index is 15.0. The van der Waals surface area contributed by atoms with Gasteiger partial charge < -0.3 is 38.5 Å². The third kappa shape index (κ3) is 11.2. The van der Waals surface area contributed by atoms with Crippen molar-refractivity contribution in [3.63, 3.8) is 0 Å². The summed E-state index contributed by atoms with van der Waals surface area (Å²) in [7, 11) is 1.94. The normalized spacial score (nSPS) is 21.9. The van der Waals surface area contributed by atoms with E-state index in [0.717, 1.165) is 106 Å². The minimum atomic E-state index is -4.43. The van der Waals surface area contributed by atoms with Crippen molar-refractivity contribution in [3.8, 4) is 46.0 Å². The van der Waals surface area contributed by atoms with Gasteiger partial charge in [0.1, 0.15) is 51.8 Å². The van der Waals surface area contributed by atoms with Gasteiger partial charge in [-0.3, -0.25) is 4.79 Å². The minimum Gasteiger partial charge on any atom is -0.508 e. The summed E-state index contributed by atoms with van der Waals surface area (Å²) >= 11 is 0. The van der Waals surface area contributed by atoms with Crippen LogP contribution in [0.1, 0.15) is 232 Å². The summed E-state index contributed by atoms with van der Waals surface area (Å²) in [6.07, 6.45) is 15.1. The smallest absolute Gasteiger partial charge is 0.310 e. The van der Waals surface area contributed by atoms with Gasteiger partial charge in [0.25, 0.3) is 0 Å². The maximum atomic E-state index is 15.0. The van der Waals surface area contributed by atoms with Crippen LogP contribution in [-0.4, -0.2) is 63.7 Å². The number of unbranched alkanes of at least 4 members (excludes halogenated alkanes) is 8. The molecular formula is C62H86O11S. The molecule has 0 amide bonds. The number of phenolic OH excluding ortho intramolecular Hbond substituents is 3. The van der Waals surface area contributed by atoms with Gasteiger partial charge in [0.2, 0.25) is 0 Å². The number of aromatic hydroxyl groups is 3. The number of Topliss-reactive ketones (excluding diaryl/α,β-unsaturated/α-hetero) is 1. The molecule has 406 valence electrons. The van der Waals surface area contributed by atoms with Crippen molar-refractivity contribution in [1.29, 1.82) is 0 Å². The van der Waals surface area contributed by atoms with Crippen molar-refractivity contribution in [3.05, 3.63) is 93.0 Å². The summed E-state index contributed by atoms with van der Waals surface area (Å²) in [4.78, 5) is 13.9. The Balaban J connectivity index is 1.62. The zero-order chi connectivity index (χ0) is 53.5. The number of phenols is 3. The molecular weight excluding hydrogens is 953 g/mol. The summed E-state index contributed by atoms with van der Waals surface area (Å²) in [5, 5.41) is 37.0. The van der Waals surface area contributed by atoms with E-state index in [0.29, 0.717) is 83.8 Å². The molecule has 0 saturated heterocycles. The van der Waals surface area contributed by atoms with Gasteiger partial charge in [0.05, 0.1) is 39.6 Å². The fourth-order valence-electron chi connectivity index (χ4n) is 13.3. The lowest BCUT2D eigenvalue weighted by Gasteiger charge is -2.36. The van der Waals surface area contributed by atoms with E-state index >= 15 is 0 Å². The molecule has 4 aromatic carbocycles. The first-order valence-corrected chi connectivity index (χ1v) is 29.5. The summed E-state index contributed by atoms with van der Waals surface area (Å²) in [5.74, 6) is -0.0329. The number of rotatable bonds is 24. The minimum absolute atomic E-state index is 0.0156. The molecule has 74 heavy (non-hydrogen) atoms. The molecule has 0 aliphatic heterocycles. The number of ketones is 1. The second-order valence-corrected chi connectivity index (χ2v) is 23.8. The second-order valence-electron chi connectivity index (χ2n) is 22.2. The largest absolute Gasteiger partial charge is 0.508 e. The van der Waals surface area contributed by atoms with E-state index in [1.54, 1.807) is 52.7 Å². The fraction of sp³-hybridized carbons (Fsp3) is 0.597. The second kappa shape index (κ2) is 24.3. The standard InChI is InChI=1S/C62H86O11S/c1-11-15-19-23-40-44-30-47(55(69-7)34-52(44)63)41(24-20-16-12-2)46-32-49(57(71-9)36-54(46)65)43(26-22-18-14-4)51-33-50(42(25-21-17-13-3)45-31-48(40)56(70-8)35-53(45)64)58(72-10)37-59(51)73-74(67,68)38-62-28-27-39(29-60(62)66)61(62,5)6/h30-37,39-43,63-65H,11-29,38H2,1-10H3/t39-,40?,41?,42?,43?,62-/m1/s1. The van der Waals surface area contributed by atoms with Gasteiger partial charge in [-0.1, -0.05) is 119 Å². The lowest BCUT2D eigenvalue weighted by Crippen LogP contribution is -2.43. The first-order chi connectivity index (χ1) is 35.5. The first kappa shape index (κ1) is 56.6. The summed E-state index contributed by atoms with van der Waals surface area (Å²) < 4.78 is 61.3. The molecule has 3 aliphatic carbocycles. The summed E-state index contributed by atoms with van der Waals surface area (Å²) in [6, 6.07) is 15.0. The number of hydrogen-bond donors (Lipinski definition) is 3. The van der Waals surface area contributed by atoms with Crippen LogP contribution in [0.5, 0.6) is 46.0 Å². The van der Waals surface area contributed by atoms with E-state index in [1.807, 2.05) is 32.0 Å². The predicted octanol–water partition coefficient (Wildman–Crippen LogP) is 15.1. The molecule has 11 nitrogen and oxygen atoms in total.